The van der Waals surface area contributed by atoms with Gasteiger partial charge >= 0.3 is 7.12 Å². The first kappa shape index (κ1) is 25.1. The van der Waals surface area contributed by atoms with Crippen LogP contribution in [0.4, 0.5) is 0 Å². The van der Waals surface area contributed by atoms with Crippen LogP contribution in [0.3, 0.4) is 0 Å². The highest BCUT2D eigenvalue weighted by Crippen LogP contribution is 2.16. The summed E-state index contributed by atoms with van der Waals surface area (Å²) in [5.41, 5.74) is 0.483. The molecule has 2 aliphatic heterocycles. The molecule has 0 atom stereocenters. The normalized spacial score (nSPS) is 16.5. The van der Waals surface area contributed by atoms with E-state index in [0.29, 0.717) is 12.1 Å². The highest BCUT2D eigenvalue weighted by molar-refractivity contribution is 9.10. The predicted molar refractivity (Wildman–Crippen MR) is 133 cm³/mol. The second kappa shape index (κ2) is 13.9. The molecule has 0 bridgehead atoms. The molecule has 4 rings (SSSR count). The van der Waals surface area contributed by atoms with Crippen molar-refractivity contribution < 1.29 is 19.5 Å². The summed E-state index contributed by atoms with van der Waals surface area (Å²) in [5, 5.41) is 17.9. The molecule has 8 heteroatoms. The van der Waals surface area contributed by atoms with Crippen molar-refractivity contribution in [3.8, 4) is 11.5 Å². The molecule has 2 heterocycles. The zero-order valence-electron chi connectivity index (χ0n) is 18.7. The molecule has 174 valence electrons. The topological polar surface area (TPSA) is 65.4 Å². The minimum absolute atomic E-state index is 0.483. The number of nitrogens with zero attached hydrogens (tertiary/aromatic N) is 2. The van der Waals surface area contributed by atoms with Gasteiger partial charge in [-0.3, -0.25) is 9.80 Å². The van der Waals surface area contributed by atoms with Crippen LogP contribution in [0.25, 0.3) is 0 Å². The molecule has 0 aromatic heterocycles. The Balaban J connectivity index is 0.000000182. The minimum Gasteiger partial charge on any atom is -0.492 e. The van der Waals surface area contributed by atoms with Crippen LogP contribution in [0.15, 0.2) is 53.0 Å². The molecule has 2 fully saturated rings. The van der Waals surface area contributed by atoms with Crippen LogP contribution >= 0.6 is 15.9 Å². The van der Waals surface area contributed by atoms with Crippen molar-refractivity contribution in [2.24, 2.45) is 0 Å². The third-order valence-electron chi connectivity index (χ3n) is 5.74. The molecule has 0 amide bonds. The quantitative estimate of drug-likeness (QED) is 0.512. The molecular weight excluding hydrogens is 471 g/mol. The standard InChI is InChI=1S/C12H18BNO3.C12H16BrNO/c15-13(16)11-3-5-12(6-4-11)17-10-9-14-7-1-2-8-14;13-11-3-5-12(6-4-11)15-10-9-14-7-1-2-8-14/h3-6,15-16H,1-2,7-10H2;3-6H,1-2,7-10H2. The van der Waals surface area contributed by atoms with Gasteiger partial charge in [0.05, 0.1) is 0 Å². The molecule has 0 aliphatic carbocycles. The lowest BCUT2D eigenvalue weighted by Crippen LogP contribution is -2.29. The summed E-state index contributed by atoms with van der Waals surface area (Å²) in [6.45, 7) is 8.33. The van der Waals surface area contributed by atoms with Crippen LogP contribution in [0.5, 0.6) is 11.5 Å². The first-order valence-corrected chi connectivity index (χ1v) is 12.3. The largest absolute Gasteiger partial charge is 0.492 e. The van der Waals surface area contributed by atoms with E-state index in [1.54, 1.807) is 24.3 Å². The van der Waals surface area contributed by atoms with Crippen LogP contribution in [-0.4, -0.2) is 79.4 Å². The molecule has 0 unspecified atom stereocenters. The van der Waals surface area contributed by atoms with Gasteiger partial charge in [0, 0.05) is 17.6 Å². The fourth-order valence-corrected chi connectivity index (χ4v) is 4.13. The van der Waals surface area contributed by atoms with E-state index >= 15 is 0 Å². The van der Waals surface area contributed by atoms with Gasteiger partial charge in [-0.2, -0.15) is 0 Å². The van der Waals surface area contributed by atoms with Gasteiger partial charge in [-0.15, -0.1) is 0 Å². The average Bonchev–Trinajstić information content (AvgIpc) is 3.51. The maximum absolute atomic E-state index is 8.94. The Bertz CT molecular complexity index is 765. The summed E-state index contributed by atoms with van der Waals surface area (Å²) in [7, 11) is -1.41. The van der Waals surface area contributed by atoms with E-state index in [9.17, 15) is 0 Å². The molecule has 32 heavy (non-hydrogen) atoms. The second-order valence-electron chi connectivity index (χ2n) is 8.19. The first-order valence-electron chi connectivity index (χ1n) is 11.5. The van der Waals surface area contributed by atoms with Gasteiger partial charge in [-0.25, -0.2) is 0 Å². The van der Waals surface area contributed by atoms with Crippen molar-refractivity contribution in [2.45, 2.75) is 25.7 Å². The van der Waals surface area contributed by atoms with Gasteiger partial charge in [-0.05, 0) is 93.7 Å². The van der Waals surface area contributed by atoms with Crippen LogP contribution in [0, 0.1) is 0 Å². The van der Waals surface area contributed by atoms with Gasteiger partial charge < -0.3 is 19.5 Å². The number of likely N-dealkylation sites (tertiary alicyclic amines) is 2. The SMILES string of the molecule is Brc1ccc(OCCN2CCCC2)cc1.OB(O)c1ccc(OCCN2CCCC2)cc1. The number of hydrogen-bond donors (Lipinski definition) is 2. The highest BCUT2D eigenvalue weighted by Gasteiger charge is 2.12. The Morgan fingerprint density at radius 2 is 1.09 bits per heavy atom. The summed E-state index contributed by atoms with van der Waals surface area (Å²) in [5.74, 6) is 1.73. The molecule has 0 radical (unpaired) electrons. The van der Waals surface area contributed by atoms with Gasteiger partial charge in [0.1, 0.15) is 24.7 Å². The van der Waals surface area contributed by atoms with Crippen molar-refractivity contribution in [3.63, 3.8) is 0 Å². The highest BCUT2D eigenvalue weighted by atomic mass is 79.9. The molecule has 0 spiro atoms. The van der Waals surface area contributed by atoms with E-state index in [-0.39, 0.29) is 0 Å². The maximum Gasteiger partial charge on any atom is 0.488 e. The van der Waals surface area contributed by atoms with Crippen LogP contribution in [0.1, 0.15) is 25.7 Å². The maximum atomic E-state index is 8.94. The second-order valence-corrected chi connectivity index (χ2v) is 9.11. The number of benzene rings is 2. The molecule has 2 aromatic carbocycles. The molecule has 2 saturated heterocycles. The Kier molecular flexibility index (Phi) is 10.8. The fourth-order valence-electron chi connectivity index (χ4n) is 3.86. The summed E-state index contributed by atoms with van der Waals surface area (Å²) in [6, 6.07) is 14.8. The minimum atomic E-state index is -1.41. The van der Waals surface area contributed by atoms with Crippen LogP contribution in [-0.2, 0) is 0 Å². The summed E-state index contributed by atoms with van der Waals surface area (Å²) in [4.78, 5) is 4.85. The van der Waals surface area contributed by atoms with Crippen LogP contribution in [0.2, 0.25) is 0 Å². The smallest absolute Gasteiger partial charge is 0.488 e. The fraction of sp³-hybridized carbons (Fsp3) is 0.500. The van der Waals surface area contributed by atoms with E-state index < -0.39 is 7.12 Å². The summed E-state index contributed by atoms with van der Waals surface area (Å²) >= 11 is 3.40. The van der Waals surface area contributed by atoms with E-state index in [0.717, 1.165) is 35.7 Å². The Hall–Kier alpha value is -1.58. The Morgan fingerprint density at radius 3 is 1.50 bits per heavy atom. The van der Waals surface area contributed by atoms with Crippen molar-refractivity contribution in [1.82, 2.24) is 9.80 Å². The lowest BCUT2D eigenvalue weighted by Gasteiger charge is -2.14. The molecule has 0 saturated carbocycles. The van der Waals surface area contributed by atoms with Crippen molar-refractivity contribution in [3.05, 3.63) is 53.0 Å². The monoisotopic (exact) mass is 504 g/mol. The Morgan fingerprint density at radius 1 is 0.688 bits per heavy atom. The lowest BCUT2D eigenvalue weighted by molar-refractivity contribution is 0.237. The average molecular weight is 505 g/mol. The van der Waals surface area contributed by atoms with Crippen molar-refractivity contribution in [1.29, 1.82) is 0 Å². The third-order valence-corrected chi connectivity index (χ3v) is 6.27. The molecule has 2 N–H and O–H groups in total. The van der Waals surface area contributed by atoms with Gasteiger partial charge in [0.25, 0.3) is 0 Å². The van der Waals surface area contributed by atoms with Gasteiger partial charge in [0.2, 0.25) is 0 Å². The van der Waals surface area contributed by atoms with Crippen molar-refractivity contribution >= 4 is 28.5 Å². The predicted octanol–water partition coefficient (Wildman–Crippen LogP) is 2.76. The molecule has 2 aromatic rings. The van der Waals surface area contributed by atoms with Crippen molar-refractivity contribution in [2.75, 3.05) is 52.5 Å². The first-order chi connectivity index (χ1) is 15.6. The third kappa shape index (κ3) is 9.12. The summed E-state index contributed by atoms with van der Waals surface area (Å²) in [6.07, 6.45) is 5.28. The van der Waals surface area contributed by atoms with E-state index in [2.05, 4.69) is 25.7 Å². The summed E-state index contributed by atoms with van der Waals surface area (Å²) < 4.78 is 12.4. The molecule has 6 nitrogen and oxygen atoms in total. The zero-order chi connectivity index (χ0) is 22.6. The number of ether oxygens (including phenoxy) is 2. The number of hydrogen-bond acceptors (Lipinski definition) is 6. The zero-order valence-corrected chi connectivity index (χ0v) is 20.3. The van der Waals surface area contributed by atoms with Gasteiger partial charge in [0.15, 0.2) is 0 Å². The van der Waals surface area contributed by atoms with E-state index in [4.69, 9.17) is 19.5 Å². The van der Waals surface area contributed by atoms with E-state index in [1.807, 2.05) is 24.3 Å². The Labute approximate surface area is 200 Å². The van der Waals surface area contributed by atoms with E-state index in [1.165, 1.54) is 51.9 Å². The number of halogens is 1. The molecular formula is C24H34BBrN2O4. The lowest BCUT2D eigenvalue weighted by atomic mass is 9.80. The number of rotatable bonds is 9. The van der Waals surface area contributed by atoms with Crippen LogP contribution < -0.4 is 14.9 Å². The van der Waals surface area contributed by atoms with Gasteiger partial charge in [-0.1, -0.05) is 28.1 Å². The molecule has 2 aliphatic rings.